The van der Waals surface area contributed by atoms with Crippen LogP contribution in [0.5, 0.6) is 0 Å². The number of nitrogens with two attached hydrogens (primary N) is 1. The number of hydrogen-bond acceptors (Lipinski definition) is 6. The van der Waals surface area contributed by atoms with Crippen LogP contribution in [0.4, 0.5) is 5.95 Å². The number of nitrogens with zero attached hydrogens (tertiary/aromatic N) is 2. The van der Waals surface area contributed by atoms with E-state index in [1.807, 2.05) is 0 Å². The smallest absolute Gasteiger partial charge is 0.261 e. The molecule has 0 amide bonds. The van der Waals surface area contributed by atoms with E-state index in [0.29, 0.717) is 5.39 Å². The summed E-state index contributed by atoms with van der Waals surface area (Å²) >= 11 is 6.51. The van der Waals surface area contributed by atoms with Crippen molar-refractivity contribution in [2.75, 3.05) is 12.3 Å². The van der Waals surface area contributed by atoms with Gasteiger partial charge in [-0.1, -0.05) is 17.5 Å². The van der Waals surface area contributed by atoms with E-state index in [0.717, 1.165) is 0 Å². The Hall–Kier alpha value is -2.05. The average molecular weight is 339 g/mol. The number of halogens is 1. The summed E-state index contributed by atoms with van der Waals surface area (Å²) in [6, 6.07) is 1.54. The van der Waals surface area contributed by atoms with Gasteiger partial charge >= 0.3 is 0 Å². The van der Waals surface area contributed by atoms with E-state index in [-0.39, 0.29) is 11.6 Å². The second-order valence-electron chi connectivity index (χ2n) is 5.21. The molecule has 3 rings (SSSR count). The van der Waals surface area contributed by atoms with Gasteiger partial charge in [0.25, 0.3) is 5.56 Å². The topological polar surface area (TPSA) is 126 Å². The maximum Gasteiger partial charge on any atom is 0.261 e. The molecule has 23 heavy (non-hydrogen) atoms. The van der Waals surface area contributed by atoms with Gasteiger partial charge in [-0.3, -0.25) is 9.78 Å². The molecular formula is C14H15ClN4O4. The minimum Gasteiger partial charge on any atom is -0.394 e. The van der Waals surface area contributed by atoms with Crippen molar-refractivity contribution in [2.45, 2.75) is 30.2 Å². The van der Waals surface area contributed by atoms with Crippen molar-refractivity contribution in [2.24, 2.45) is 0 Å². The molecule has 4 atom stereocenters. The Balaban J connectivity index is 2.20. The van der Waals surface area contributed by atoms with Crippen LogP contribution in [0.1, 0.15) is 13.2 Å². The van der Waals surface area contributed by atoms with E-state index in [4.69, 9.17) is 22.1 Å². The molecule has 0 spiro atoms. The Bertz CT molecular complexity index is 867. The van der Waals surface area contributed by atoms with Gasteiger partial charge in [0.2, 0.25) is 5.95 Å². The molecule has 122 valence electrons. The normalized spacial score (nSPS) is 30.3. The first kappa shape index (κ1) is 15.8. The number of aliphatic hydroxyl groups excluding tert-OH is 2. The van der Waals surface area contributed by atoms with Gasteiger partial charge in [0.1, 0.15) is 12.2 Å². The Kier molecular flexibility index (Phi) is 3.82. The summed E-state index contributed by atoms with van der Waals surface area (Å²) < 4.78 is 7.14. The number of nitrogens with one attached hydrogen (secondary N) is 1. The highest BCUT2D eigenvalue weighted by molar-refractivity contribution is 6.27. The highest BCUT2D eigenvalue weighted by atomic mass is 35.5. The van der Waals surface area contributed by atoms with Crippen LogP contribution in [0, 0.1) is 11.8 Å². The Morgan fingerprint density at radius 1 is 1.65 bits per heavy atom. The van der Waals surface area contributed by atoms with Crippen molar-refractivity contribution < 1.29 is 14.9 Å². The first-order valence-corrected chi connectivity index (χ1v) is 7.23. The Morgan fingerprint density at radius 3 is 3.04 bits per heavy atom. The van der Waals surface area contributed by atoms with Crippen molar-refractivity contribution in [3.05, 3.63) is 22.6 Å². The third-order valence-electron chi connectivity index (χ3n) is 3.79. The largest absolute Gasteiger partial charge is 0.394 e. The first-order valence-electron chi connectivity index (χ1n) is 6.86. The predicted octanol–water partition coefficient (Wildman–Crippen LogP) is -0.442. The number of anilines is 1. The lowest BCUT2D eigenvalue weighted by Crippen LogP contribution is -2.41. The molecule has 0 radical (unpaired) electrons. The molecule has 1 saturated heterocycles. The molecule has 0 aromatic carbocycles. The summed E-state index contributed by atoms with van der Waals surface area (Å²) in [4.78, 5) is 16.9. The number of hydrogen-bond donors (Lipinski definition) is 4. The van der Waals surface area contributed by atoms with Gasteiger partial charge in [0.05, 0.1) is 12.0 Å². The minimum atomic E-state index is -1.49. The quantitative estimate of drug-likeness (QED) is 0.434. The molecule has 1 fully saturated rings. The van der Waals surface area contributed by atoms with E-state index in [2.05, 4.69) is 21.8 Å². The predicted molar refractivity (Wildman–Crippen MR) is 83.8 cm³/mol. The van der Waals surface area contributed by atoms with Gasteiger partial charge in [-0.25, -0.2) is 0 Å². The fraction of sp³-hybridized carbons (Fsp3) is 0.429. The van der Waals surface area contributed by atoms with Crippen LogP contribution in [0.25, 0.3) is 11.0 Å². The number of rotatable bonds is 2. The molecule has 0 aliphatic carbocycles. The zero-order valence-corrected chi connectivity index (χ0v) is 12.9. The van der Waals surface area contributed by atoms with Gasteiger partial charge in [-0.2, -0.15) is 4.98 Å². The molecule has 0 bridgehead atoms. The summed E-state index contributed by atoms with van der Waals surface area (Å²) in [7, 11) is 0. The van der Waals surface area contributed by atoms with Gasteiger partial charge in [0.15, 0.2) is 16.7 Å². The first-order chi connectivity index (χ1) is 10.9. The molecule has 5 N–H and O–H groups in total. The van der Waals surface area contributed by atoms with Crippen molar-refractivity contribution in [3.63, 3.8) is 0 Å². The van der Waals surface area contributed by atoms with Crippen molar-refractivity contribution in [3.8, 4) is 11.8 Å². The molecule has 2 aromatic rings. The van der Waals surface area contributed by atoms with Gasteiger partial charge in [-0.15, -0.1) is 5.92 Å². The molecule has 2 aromatic heterocycles. The summed E-state index contributed by atoms with van der Waals surface area (Å²) in [6.07, 6.45) is -1.52. The van der Waals surface area contributed by atoms with Gasteiger partial charge < -0.3 is 25.3 Å². The number of ether oxygens (including phenoxy) is 1. The third-order valence-corrected chi connectivity index (χ3v) is 4.30. The molecule has 0 saturated carbocycles. The van der Waals surface area contributed by atoms with Crippen LogP contribution < -0.4 is 11.3 Å². The van der Waals surface area contributed by atoms with Crippen LogP contribution in [0.2, 0.25) is 0 Å². The second-order valence-corrected chi connectivity index (χ2v) is 5.83. The van der Waals surface area contributed by atoms with E-state index >= 15 is 0 Å². The second kappa shape index (κ2) is 5.54. The molecular weight excluding hydrogens is 324 g/mol. The number of aromatic nitrogens is 3. The number of fused-ring (bicyclic) bond motifs is 1. The van der Waals surface area contributed by atoms with Gasteiger partial charge in [0, 0.05) is 6.20 Å². The van der Waals surface area contributed by atoms with Crippen LogP contribution in [-0.2, 0) is 4.74 Å². The molecule has 1 aliphatic rings. The molecule has 1 unspecified atom stereocenters. The van der Waals surface area contributed by atoms with E-state index in [9.17, 15) is 15.0 Å². The van der Waals surface area contributed by atoms with E-state index in [1.54, 1.807) is 19.2 Å². The van der Waals surface area contributed by atoms with Gasteiger partial charge in [-0.05, 0) is 13.0 Å². The zero-order valence-electron chi connectivity index (χ0n) is 12.2. The number of alkyl halides is 1. The highest BCUT2D eigenvalue weighted by Crippen LogP contribution is 2.44. The average Bonchev–Trinajstić information content (AvgIpc) is 3.01. The highest BCUT2D eigenvalue weighted by Gasteiger charge is 2.55. The lowest BCUT2D eigenvalue weighted by atomic mass is 9.99. The lowest BCUT2D eigenvalue weighted by Gasteiger charge is -2.25. The zero-order chi connectivity index (χ0) is 16.8. The summed E-state index contributed by atoms with van der Waals surface area (Å²) in [6.45, 7) is 1.15. The third kappa shape index (κ3) is 2.29. The fourth-order valence-electron chi connectivity index (χ4n) is 2.74. The van der Waals surface area contributed by atoms with E-state index < -0.39 is 35.5 Å². The number of aromatic amines is 1. The van der Waals surface area contributed by atoms with E-state index in [1.165, 1.54) is 4.57 Å². The number of aliphatic hydroxyl groups is 2. The minimum absolute atomic E-state index is 0.0542. The monoisotopic (exact) mass is 338 g/mol. The van der Waals surface area contributed by atoms with Crippen LogP contribution >= 0.6 is 11.6 Å². The SMILES string of the molecule is CC#C[C@@]1(Cl)C(O)[C@@H](CO)O[C@H]1n1ccc2c(=O)[nH]c(N)nc21. The summed E-state index contributed by atoms with van der Waals surface area (Å²) in [5.41, 5.74) is 5.44. The van der Waals surface area contributed by atoms with Crippen LogP contribution in [-0.4, -0.2) is 48.4 Å². The lowest BCUT2D eigenvalue weighted by molar-refractivity contribution is -0.0435. The molecule has 9 heteroatoms. The molecule has 1 aliphatic heterocycles. The fourth-order valence-corrected chi connectivity index (χ4v) is 3.13. The van der Waals surface area contributed by atoms with Crippen molar-refractivity contribution >= 4 is 28.6 Å². The maximum absolute atomic E-state index is 11.9. The molecule has 8 nitrogen and oxygen atoms in total. The van der Waals surface area contributed by atoms with Crippen molar-refractivity contribution in [1.82, 2.24) is 14.5 Å². The number of H-pyrrole nitrogens is 1. The van der Waals surface area contributed by atoms with Crippen LogP contribution in [0.3, 0.4) is 0 Å². The standard InChI is InChI=1S/C14H15ClN4O4/c1-2-4-14(15)9(21)8(6-20)23-12(14)19-5-3-7-10(19)17-13(16)18-11(7)22/h3,5,8-9,12,20-21H,6H2,1H3,(H3,16,17,18,22)/t8-,9?,12-,14-/m1/s1. The summed E-state index contributed by atoms with van der Waals surface area (Å²) in [5, 5.41) is 20.0. The van der Waals surface area contributed by atoms with Crippen LogP contribution in [0.15, 0.2) is 17.1 Å². The molecule has 3 heterocycles. The Morgan fingerprint density at radius 2 is 2.39 bits per heavy atom. The summed E-state index contributed by atoms with van der Waals surface area (Å²) in [5.74, 6) is 5.33. The Labute approximate surface area is 135 Å². The maximum atomic E-state index is 11.9. The number of nitrogen functional groups attached to an aromatic ring is 1. The van der Waals surface area contributed by atoms with Crippen molar-refractivity contribution in [1.29, 1.82) is 0 Å².